The molecule has 1 saturated carbocycles. The molecule has 0 bridgehead atoms. The fraction of sp³-hybridized carbons (Fsp3) is 0.636. The number of rotatable bonds is 5. The van der Waals surface area contributed by atoms with Gasteiger partial charge in [-0.2, -0.15) is 0 Å². The molecule has 0 N–H and O–H groups in total. The van der Waals surface area contributed by atoms with Gasteiger partial charge >= 0.3 is 5.97 Å². The molecule has 3 atom stereocenters. The van der Waals surface area contributed by atoms with Gasteiger partial charge in [0.1, 0.15) is 5.41 Å². The average molecular weight is 344 g/mol. The zero-order valence-electron chi connectivity index (χ0n) is 16.6. The molecular weight excluding hydrogens is 312 g/mol. The van der Waals surface area contributed by atoms with Crippen LogP contribution >= 0.6 is 0 Å². The maximum absolute atomic E-state index is 13.3. The lowest BCUT2D eigenvalue weighted by Crippen LogP contribution is -2.46. The third kappa shape index (κ3) is 3.96. The third-order valence-electron chi connectivity index (χ3n) is 6.05. The molecule has 0 aromatic heterocycles. The van der Waals surface area contributed by atoms with E-state index in [4.69, 9.17) is 4.74 Å². The fourth-order valence-electron chi connectivity index (χ4n) is 4.25. The highest BCUT2D eigenvalue weighted by molar-refractivity contribution is 6.05. The molecule has 0 radical (unpaired) electrons. The van der Waals surface area contributed by atoms with Gasteiger partial charge in [0.05, 0.1) is 6.61 Å². The second-order valence-corrected chi connectivity index (χ2v) is 7.98. The van der Waals surface area contributed by atoms with E-state index in [2.05, 4.69) is 32.9 Å². The van der Waals surface area contributed by atoms with Gasteiger partial charge in [-0.15, -0.1) is 0 Å². The normalized spacial score (nSPS) is 26.3. The molecule has 25 heavy (non-hydrogen) atoms. The average Bonchev–Trinajstić information content (AvgIpc) is 2.53. The number of Topliss-reactive ketones (excluding diaryl/α,β-unsaturated/α-hetero) is 1. The van der Waals surface area contributed by atoms with Crippen LogP contribution in [0.4, 0.5) is 0 Å². The van der Waals surface area contributed by atoms with Crippen LogP contribution in [0.2, 0.25) is 0 Å². The van der Waals surface area contributed by atoms with Crippen molar-refractivity contribution in [1.29, 1.82) is 0 Å². The molecule has 2 rings (SSSR count). The van der Waals surface area contributed by atoms with Crippen molar-refractivity contribution in [2.75, 3.05) is 6.61 Å². The summed E-state index contributed by atoms with van der Waals surface area (Å²) < 4.78 is 5.35. The Morgan fingerprint density at radius 1 is 1.12 bits per heavy atom. The summed E-state index contributed by atoms with van der Waals surface area (Å²) in [6.07, 6.45) is 2.44. The van der Waals surface area contributed by atoms with E-state index < -0.39 is 5.41 Å². The van der Waals surface area contributed by atoms with Crippen molar-refractivity contribution >= 4 is 11.8 Å². The lowest BCUT2D eigenvalue weighted by molar-refractivity contribution is -0.164. The zero-order chi connectivity index (χ0) is 18.8. The Balaban J connectivity index is 2.35. The highest BCUT2D eigenvalue weighted by Crippen LogP contribution is 2.44. The second-order valence-electron chi connectivity index (χ2n) is 7.98. The number of aryl methyl sites for hydroxylation is 3. The Morgan fingerprint density at radius 2 is 1.72 bits per heavy atom. The van der Waals surface area contributed by atoms with E-state index in [1.54, 1.807) is 6.92 Å². The highest BCUT2D eigenvalue weighted by atomic mass is 16.5. The Bertz CT molecular complexity index is 638. The second kappa shape index (κ2) is 7.72. The standard InChI is InChI=1S/C22H32O3/c1-7-25-21(24)22(9-8-15(3)18(6)13-22)20(23)12-19-16(4)10-14(2)11-17(19)5/h10-11,15,18H,7-9,12-13H2,1-6H3. The number of hydrogen-bond donors (Lipinski definition) is 0. The summed E-state index contributed by atoms with van der Waals surface area (Å²) in [5.74, 6) is 0.599. The lowest BCUT2D eigenvalue weighted by Gasteiger charge is -2.40. The van der Waals surface area contributed by atoms with E-state index in [0.717, 1.165) is 23.1 Å². The van der Waals surface area contributed by atoms with Crippen molar-refractivity contribution in [3.8, 4) is 0 Å². The molecule has 1 aromatic carbocycles. The van der Waals surface area contributed by atoms with Crippen molar-refractivity contribution in [3.63, 3.8) is 0 Å². The Hall–Kier alpha value is -1.64. The highest BCUT2D eigenvalue weighted by Gasteiger charge is 2.50. The first-order valence-electron chi connectivity index (χ1n) is 9.48. The van der Waals surface area contributed by atoms with Gasteiger partial charge in [-0.3, -0.25) is 9.59 Å². The number of hydrogen-bond acceptors (Lipinski definition) is 3. The maximum Gasteiger partial charge on any atom is 0.319 e. The molecule has 138 valence electrons. The summed E-state index contributed by atoms with van der Waals surface area (Å²) in [4.78, 5) is 26.1. The number of benzene rings is 1. The van der Waals surface area contributed by atoms with Crippen LogP contribution in [-0.2, 0) is 20.7 Å². The van der Waals surface area contributed by atoms with Crippen LogP contribution in [0.25, 0.3) is 0 Å². The Kier molecular flexibility index (Phi) is 6.08. The van der Waals surface area contributed by atoms with Gasteiger partial charge in [-0.1, -0.05) is 31.5 Å². The lowest BCUT2D eigenvalue weighted by atomic mass is 9.63. The largest absolute Gasteiger partial charge is 0.465 e. The van der Waals surface area contributed by atoms with E-state index in [1.807, 2.05) is 13.8 Å². The van der Waals surface area contributed by atoms with E-state index in [0.29, 0.717) is 37.7 Å². The third-order valence-corrected chi connectivity index (χ3v) is 6.05. The molecule has 3 unspecified atom stereocenters. The van der Waals surface area contributed by atoms with Crippen LogP contribution in [0.3, 0.4) is 0 Å². The molecule has 0 spiro atoms. The Labute approximate surface area is 152 Å². The maximum atomic E-state index is 13.3. The zero-order valence-corrected chi connectivity index (χ0v) is 16.6. The number of carbonyl (C=O) groups excluding carboxylic acids is 2. The predicted octanol–water partition coefficient (Wildman–Crippen LogP) is 4.73. The first kappa shape index (κ1) is 19.7. The molecule has 1 aliphatic rings. The van der Waals surface area contributed by atoms with E-state index >= 15 is 0 Å². The van der Waals surface area contributed by atoms with Gasteiger partial charge < -0.3 is 4.74 Å². The number of carbonyl (C=O) groups is 2. The monoisotopic (exact) mass is 344 g/mol. The van der Waals surface area contributed by atoms with Crippen molar-refractivity contribution < 1.29 is 14.3 Å². The van der Waals surface area contributed by atoms with Crippen LogP contribution in [0.5, 0.6) is 0 Å². The predicted molar refractivity (Wildman–Crippen MR) is 101 cm³/mol. The van der Waals surface area contributed by atoms with Gasteiger partial charge in [-0.25, -0.2) is 0 Å². The molecule has 0 amide bonds. The number of ketones is 1. The van der Waals surface area contributed by atoms with Gasteiger partial charge in [-0.05, 0) is 75.5 Å². The van der Waals surface area contributed by atoms with Crippen molar-refractivity contribution in [2.45, 2.75) is 67.2 Å². The molecular formula is C22H32O3. The molecule has 1 aliphatic carbocycles. The molecule has 1 aromatic rings. The molecule has 0 aliphatic heterocycles. The quantitative estimate of drug-likeness (QED) is 0.573. The smallest absolute Gasteiger partial charge is 0.319 e. The number of esters is 1. The minimum absolute atomic E-state index is 0.0275. The summed E-state index contributed by atoms with van der Waals surface area (Å²) in [6, 6.07) is 4.22. The van der Waals surface area contributed by atoms with Gasteiger partial charge in [0, 0.05) is 6.42 Å². The SMILES string of the molecule is CCOC(=O)C1(C(=O)Cc2c(C)cc(C)cc2C)CCC(C)C(C)C1. The Morgan fingerprint density at radius 3 is 2.24 bits per heavy atom. The fourth-order valence-corrected chi connectivity index (χ4v) is 4.25. The van der Waals surface area contributed by atoms with Crippen molar-refractivity contribution in [3.05, 3.63) is 34.4 Å². The summed E-state index contributed by atoms with van der Waals surface area (Å²) in [5, 5.41) is 0. The van der Waals surface area contributed by atoms with Crippen LogP contribution in [-0.4, -0.2) is 18.4 Å². The van der Waals surface area contributed by atoms with E-state index in [1.165, 1.54) is 5.56 Å². The topological polar surface area (TPSA) is 43.4 Å². The van der Waals surface area contributed by atoms with E-state index in [9.17, 15) is 9.59 Å². The first-order chi connectivity index (χ1) is 11.7. The van der Waals surface area contributed by atoms with Crippen LogP contribution in [0.15, 0.2) is 12.1 Å². The van der Waals surface area contributed by atoms with Crippen LogP contribution in [0.1, 0.15) is 62.3 Å². The molecule has 0 heterocycles. The van der Waals surface area contributed by atoms with E-state index in [-0.39, 0.29) is 11.8 Å². The molecule has 1 fully saturated rings. The minimum atomic E-state index is -0.967. The van der Waals surface area contributed by atoms with Crippen molar-refractivity contribution in [1.82, 2.24) is 0 Å². The summed E-state index contributed by atoms with van der Waals surface area (Å²) >= 11 is 0. The summed E-state index contributed by atoms with van der Waals surface area (Å²) in [7, 11) is 0. The minimum Gasteiger partial charge on any atom is -0.465 e. The molecule has 0 saturated heterocycles. The molecule has 3 nitrogen and oxygen atoms in total. The molecule has 3 heteroatoms. The number of ether oxygens (including phenoxy) is 1. The summed E-state index contributed by atoms with van der Waals surface area (Å²) in [6.45, 7) is 12.6. The van der Waals surface area contributed by atoms with Crippen molar-refractivity contribution in [2.24, 2.45) is 17.3 Å². The van der Waals surface area contributed by atoms with Gasteiger partial charge in [0.2, 0.25) is 0 Å². The summed E-state index contributed by atoms with van der Waals surface area (Å²) in [5.41, 5.74) is 3.55. The van der Waals surface area contributed by atoms with Crippen LogP contribution < -0.4 is 0 Å². The van der Waals surface area contributed by atoms with Gasteiger partial charge in [0.15, 0.2) is 5.78 Å². The van der Waals surface area contributed by atoms with Crippen LogP contribution in [0, 0.1) is 38.0 Å². The first-order valence-corrected chi connectivity index (χ1v) is 9.48. The van der Waals surface area contributed by atoms with Gasteiger partial charge in [0.25, 0.3) is 0 Å².